The van der Waals surface area contributed by atoms with Gasteiger partial charge in [-0.25, -0.2) is 0 Å². The molecule has 0 saturated heterocycles. The molecule has 0 aromatic carbocycles. The first-order chi connectivity index (χ1) is 14.8. The predicted molar refractivity (Wildman–Crippen MR) is 136 cm³/mol. The maximum absolute atomic E-state index is 10.8. The molecule has 0 saturated carbocycles. The Balaban J connectivity index is 4.36. The summed E-state index contributed by atoms with van der Waals surface area (Å²) in [5, 5.41) is 0.159. The monoisotopic (exact) mass is 469 g/mol. The number of unbranched alkanes of at least 4 members (excludes halogenated alkanes) is 4. The summed E-state index contributed by atoms with van der Waals surface area (Å²) >= 11 is 11.0. The first kappa shape index (κ1) is 29.9. The van der Waals surface area contributed by atoms with Crippen LogP contribution in [0.25, 0.3) is 0 Å². The van der Waals surface area contributed by atoms with Crippen LogP contribution in [0, 0.1) is 17.8 Å². The summed E-state index contributed by atoms with van der Waals surface area (Å²) in [6.45, 7) is 7.64. The summed E-state index contributed by atoms with van der Waals surface area (Å²) in [6.07, 6.45) is 18.3. The van der Waals surface area contributed by atoms with Gasteiger partial charge in [0.25, 0.3) is 0 Å². The van der Waals surface area contributed by atoms with Crippen LogP contribution in [0.3, 0.4) is 0 Å². The van der Waals surface area contributed by atoms with E-state index in [1.807, 2.05) is 0 Å². The van der Waals surface area contributed by atoms with E-state index in [-0.39, 0.29) is 11.3 Å². The topological polar surface area (TPSA) is 29.5 Å². The van der Waals surface area contributed by atoms with Gasteiger partial charge < -0.3 is 9.64 Å². The van der Waals surface area contributed by atoms with Gasteiger partial charge in [-0.3, -0.25) is 4.79 Å². The number of carbonyl (C=O) groups excluding carboxylic acids is 1. The van der Waals surface area contributed by atoms with Crippen molar-refractivity contribution in [1.29, 1.82) is 0 Å². The Kier molecular flexibility index (Phi) is 20.1. The summed E-state index contributed by atoms with van der Waals surface area (Å²) in [5.74, 6) is 6.41. The van der Waals surface area contributed by atoms with Crippen molar-refractivity contribution in [2.45, 2.75) is 77.2 Å². The third-order valence-electron chi connectivity index (χ3n) is 4.71. The Morgan fingerprint density at radius 3 is 2.42 bits per heavy atom. The van der Waals surface area contributed by atoms with Crippen molar-refractivity contribution >= 4 is 28.4 Å². The number of allylic oxidation sites excluding steroid dienone is 3. The molecule has 0 amide bonds. The van der Waals surface area contributed by atoms with Crippen LogP contribution in [0.15, 0.2) is 35.9 Å². The summed E-state index contributed by atoms with van der Waals surface area (Å²) < 4.78 is 6.08. The molecule has 5 heteroatoms. The number of hydrogen-bond acceptors (Lipinski definition) is 3. The van der Waals surface area contributed by atoms with Crippen LogP contribution in [0.2, 0.25) is 0 Å². The lowest BCUT2D eigenvalue weighted by Gasteiger charge is -2.12. The quantitative estimate of drug-likeness (QED) is 0.0926. The van der Waals surface area contributed by atoms with Crippen molar-refractivity contribution in [3.05, 3.63) is 35.9 Å². The van der Waals surface area contributed by atoms with Gasteiger partial charge in [-0.15, -0.1) is 0 Å². The van der Waals surface area contributed by atoms with Crippen LogP contribution < -0.4 is 0 Å². The average Bonchev–Trinajstić information content (AvgIpc) is 2.68. The van der Waals surface area contributed by atoms with E-state index in [1.54, 1.807) is 0 Å². The summed E-state index contributed by atoms with van der Waals surface area (Å²) in [6, 6.07) is 0. The largest absolute Gasteiger partial charge is 0.370 e. The van der Waals surface area contributed by atoms with E-state index in [0.29, 0.717) is 17.4 Å². The lowest BCUT2D eigenvalue weighted by molar-refractivity contribution is -0.111. The minimum Gasteiger partial charge on any atom is -0.370 e. The fraction of sp³-hybridized carbons (Fsp3) is 0.654. The Hall–Kier alpha value is -1.05. The van der Waals surface area contributed by atoms with E-state index in [4.69, 9.17) is 27.9 Å². The maximum atomic E-state index is 10.8. The molecule has 0 spiro atoms. The first-order valence-corrected chi connectivity index (χ1v) is 12.2. The summed E-state index contributed by atoms with van der Waals surface area (Å²) in [7, 11) is 4.19. The van der Waals surface area contributed by atoms with E-state index in [9.17, 15) is 4.79 Å². The standard InChI is InChI=1S/C26H41Cl2NO2/c1-23(16-14-17-24(2)27)15-10-11-19-25(31-22-13-12-21-29(3)4)18-8-6-5-7-9-20-26(28)30/h8,11,18-19,23,25H,2,5-7,9-10,12-13,15-16,20-22H2,1,3-4H3/b18-8-,19-11+. The zero-order valence-electron chi connectivity index (χ0n) is 19.7. The first-order valence-electron chi connectivity index (χ1n) is 11.4. The van der Waals surface area contributed by atoms with E-state index in [1.165, 1.54) is 0 Å². The highest BCUT2D eigenvalue weighted by Gasteiger charge is 2.02. The van der Waals surface area contributed by atoms with Crippen molar-refractivity contribution in [3.8, 4) is 11.8 Å². The molecule has 0 aromatic rings. The van der Waals surface area contributed by atoms with Crippen LogP contribution in [0.1, 0.15) is 71.1 Å². The van der Waals surface area contributed by atoms with E-state index >= 15 is 0 Å². The Bertz CT molecular complexity index is 602. The molecule has 0 bridgehead atoms. The molecule has 0 aromatic heterocycles. The van der Waals surface area contributed by atoms with Gasteiger partial charge in [0.2, 0.25) is 5.24 Å². The second-order valence-corrected chi connectivity index (χ2v) is 9.13. The molecule has 0 radical (unpaired) electrons. The highest BCUT2D eigenvalue weighted by Crippen LogP contribution is 2.12. The van der Waals surface area contributed by atoms with Crippen molar-refractivity contribution in [2.75, 3.05) is 27.2 Å². The lowest BCUT2D eigenvalue weighted by Crippen LogP contribution is -2.14. The van der Waals surface area contributed by atoms with Crippen LogP contribution in [-0.4, -0.2) is 43.5 Å². The van der Waals surface area contributed by atoms with Gasteiger partial charge in [0.05, 0.1) is 11.1 Å². The van der Waals surface area contributed by atoms with E-state index < -0.39 is 0 Å². The van der Waals surface area contributed by atoms with Gasteiger partial charge in [0, 0.05) is 19.4 Å². The van der Waals surface area contributed by atoms with Crippen molar-refractivity contribution in [3.63, 3.8) is 0 Å². The molecule has 176 valence electrons. The molecular weight excluding hydrogens is 429 g/mol. The number of nitrogens with zero attached hydrogens (tertiary/aromatic N) is 1. The molecule has 31 heavy (non-hydrogen) atoms. The molecule has 2 atom stereocenters. The number of halogens is 2. The molecule has 0 aliphatic heterocycles. The zero-order chi connectivity index (χ0) is 23.3. The van der Waals surface area contributed by atoms with Gasteiger partial charge in [-0.2, -0.15) is 0 Å². The Morgan fingerprint density at radius 1 is 1.06 bits per heavy atom. The molecule has 0 heterocycles. The molecule has 0 aliphatic rings. The molecule has 0 aliphatic carbocycles. The van der Waals surface area contributed by atoms with Crippen molar-refractivity contribution in [1.82, 2.24) is 4.90 Å². The molecule has 0 rings (SSSR count). The van der Waals surface area contributed by atoms with E-state index in [0.717, 1.165) is 70.9 Å². The van der Waals surface area contributed by atoms with E-state index in [2.05, 4.69) is 68.6 Å². The number of hydrogen-bond donors (Lipinski definition) is 0. The number of carbonyl (C=O) groups is 1. The predicted octanol–water partition coefficient (Wildman–Crippen LogP) is 7.10. The van der Waals surface area contributed by atoms with Gasteiger partial charge in [-0.05, 0) is 83.1 Å². The average molecular weight is 471 g/mol. The third-order valence-corrected chi connectivity index (χ3v) is 4.99. The van der Waals surface area contributed by atoms with Crippen molar-refractivity contribution in [2.24, 2.45) is 5.92 Å². The third kappa shape index (κ3) is 23.4. The minimum absolute atomic E-state index is 0.0124. The van der Waals surface area contributed by atoms with Gasteiger partial charge in [0.15, 0.2) is 0 Å². The molecule has 3 nitrogen and oxygen atoms in total. The number of ether oxygens (including phenoxy) is 1. The Labute approximate surface area is 200 Å². The number of rotatable bonds is 18. The highest BCUT2D eigenvalue weighted by molar-refractivity contribution is 6.63. The summed E-state index contributed by atoms with van der Waals surface area (Å²) in [5.41, 5.74) is 0. The van der Waals surface area contributed by atoms with Crippen molar-refractivity contribution < 1.29 is 9.53 Å². The molecule has 0 N–H and O–H groups in total. The lowest BCUT2D eigenvalue weighted by atomic mass is 10.0. The zero-order valence-corrected chi connectivity index (χ0v) is 21.2. The van der Waals surface area contributed by atoms with Crippen LogP contribution in [0.4, 0.5) is 0 Å². The molecular formula is C26H41Cl2NO2. The molecule has 2 unspecified atom stereocenters. The SMILES string of the molecule is C=C(Cl)C#CCC(C)CC/C=C/C(/C=C\CCCCCC(=O)Cl)OCCCCN(C)C. The maximum Gasteiger partial charge on any atom is 0.221 e. The normalized spacial score (nSPS) is 13.5. The fourth-order valence-corrected chi connectivity index (χ4v) is 3.09. The molecule has 0 fully saturated rings. The van der Waals surface area contributed by atoms with Crippen LogP contribution >= 0.6 is 23.2 Å². The van der Waals surface area contributed by atoms with Gasteiger partial charge >= 0.3 is 0 Å². The minimum atomic E-state index is -0.241. The van der Waals surface area contributed by atoms with Crippen LogP contribution in [-0.2, 0) is 9.53 Å². The van der Waals surface area contributed by atoms with Gasteiger partial charge in [0.1, 0.15) is 0 Å². The fourth-order valence-electron chi connectivity index (χ4n) is 2.89. The van der Waals surface area contributed by atoms with Gasteiger partial charge in [-0.1, -0.05) is 67.7 Å². The Morgan fingerprint density at radius 2 is 1.77 bits per heavy atom. The van der Waals surface area contributed by atoms with Crippen LogP contribution in [0.5, 0.6) is 0 Å². The second-order valence-electron chi connectivity index (χ2n) is 8.25. The smallest absolute Gasteiger partial charge is 0.221 e. The second kappa shape index (κ2) is 20.8. The highest BCUT2D eigenvalue weighted by atomic mass is 35.5. The summed E-state index contributed by atoms with van der Waals surface area (Å²) in [4.78, 5) is 13.0.